The number of nitrogens with zero attached hydrogens (tertiary/aromatic N) is 4. The van der Waals surface area contributed by atoms with Gasteiger partial charge in [0.15, 0.2) is 11.0 Å². The highest BCUT2D eigenvalue weighted by Gasteiger charge is 2.26. The van der Waals surface area contributed by atoms with E-state index in [9.17, 15) is 10.1 Å². The number of nitrogens with one attached hydrogen (secondary N) is 1. The summed E-state index contributed by atoms with van der Waals surface area (Å²) in [5.41, 5.74) is 2.45. The molecule has 1 aliphatic carbocycles. The first kappa shape index (κ1) is 23.1. The van der Waals surface area contributed by atoms with E-state index in [1.54, 1.807) is 34.1 Å². The molecule has 0 bridgehead atoms. The number of nitriles is 1. The zero-order valence-corrected chi connectivity index (χ0v) is 20.8. The van der Waals surface area contributed by atoms with E-state index < -0.39 is 0 Å². The lowest BCUT2D eigenvalue weighted by Gasteiger charge is -2.20. The molecule has 1 N–H and O–H groups in total. The molecule has 0 saturated heterocycles. The fraction of sp³-hybridized carbons (Fsp3) is 0.364. The Morgan fingerprint density at radius 2 is 2.22 bits per heavy atom. The van der Waals surface area contributed by atoms with Crippen LogP contribution in [-0.2, 0) is 24.7 Å². The molecule has 3 aromatic rings. The summed E-state index contributed by atoms with van der Waals surface area (Å²) >= 11 is 15.1. The molecule has 4 rings (SSSR count). The molecule has 1 aliphatic rings. The molecule has 10 heteroatoms. The minimum absolute atomic E-state index is 0.158. The fourth-order valence-corrected chi connectivity index (χ4v) is 6.38. The van der Waals surface area contributed by atoms with E-state index in [2.05, 4.69) is 28.5 Å². The Kier molecular flexibility index (Phi) is 7.11. The molecule has 2 aromatic heterocycles. The van der Waals surface area contributed by atoms with Gasteiger partial charge in [0.25, 0.3) is 0 Å². The topological polar surface area (TPSA) is 83.6 Å². The van der Waals surface area contributed by atoms with Crippen molar-refractivity contribution in [3.05, 3.63) is 44.2 Å². The van der Waals surface area contributed by atoms with Crippen molar-refractivity contribution in [2.75, 3.05) is 11.1 Å². The summed E-state index contributed by atoms with van der Waals surface area (Å²) < 4.78 is 1.79. The third-order valence-corrected chi connectivity index (χ3v) is 8.39. The number of carbonyl (C=O) groups is 1. The maximum Gasteiger partial charge on any atom is 0.235 e. The lowest BCUT2D eigenvalue weighted by atomic mass is 9.86. The second-order valence-corrected chi connectivity index (χ2v) is 10.6. The van der Waals surface area contributed by atoms with Gasteiger partial charge in [-0.05, 0) is 48.9 Å². The van der Waals surface area contributed by atoms with E-state index >= 15 is 0 Å². The van der Waals surface area contributed by atoms with Crippen LogP contribution in [0.15, 0.2) is 23.4 Å². The number of rotatable bonds is 6. The van der Waals surface area contributed by atoms with Gasteiger partial charge < -0.3 is 9.88 Å². The molecule has 1 atom stereocenters. The summed E-state index contributed by atoms with van der Waals surface area (Å²) in [5.74, 6) is 1.24. The number of anilines is 1. The van der Waals surface area contributed by atoms with E-state index in [-0.39, 0.29) is 11.7 Å². The molecule has 1 aromatic carbocycles. The van der Waals surface area contributed by atoms with Gasteiger partial charge in [-0.3, -0.25) is 4.79 Å². The predicted molar refractivity (Wildman–Crippen MR) is 131 cm³/mol. The molecule has 0 fully saturated rings. The maximum atomic E-state index is 12.6. The number of aromatic nitrogens is 3. The van der Waals surface area contributed by atoms with Gasteiger partial charge in [-0.2, -0.15) is 5.26 Å². The second-order valence-electron chi connectivity index (χ2n) is 7.66. The number of amides is 1. The average molecular weight is 506 g/mol. The van der Waals surface area contributed by atoms with Crippen molar-refractivity contribution in [1.82, 2.24) is 14.8 Å². The third kappa shape index (κ3) is 4.67. The Bertz CT molecular complexity index is 1210. The summed E-state index contributed by atoms with van der Waals surface area (Å²) in [6.45, 7) is 2.20. The number of hydrogen-bond acceptors (Lipinski definition) is 6. The van der Waals surface area contributed by atoms with Crippen molar-refractivity contribution in [1.29, 1.82) is 5.26 Å². The molecule has 1 unspecified atom stereocenters. The van der Waals surface area contributed by atoms with E-state index in [0.29, 0.717) is 37.5 Å². The number of hydrogen-bond donors (Lipinski definition) is 1. The maximum absolute atomic E-state index is 12.6. The normalized spacial score (nSPS) is 15.3. The van der Waals surface area contributed by atoms with Gasteiger partial charge in [-0.25, -0.2) is 0 Å². The molecular weight excluding hydrogens is 485 g/mol. The van der Waals surface area contributed by atoms with Crippen LogP contribution in [0.1, 0.15) is 35.8 Å². The fourth-order valence-electron chi connectivity index (χ4n) is 3.85. The molecule has 32 heavy (non-hydrogen) atoms. The third-order valence-electron chi connectivity index (χ3n) is 5.65. The van der Waals surface area contributed by atoms with Crippen LogP contribution in [0.5, 0.6) is 0 Å². The Morgan fingerprint density at radius 1 is 1.41 bits per heavy atom. The monoisotopic (exact) mass is 505 g/mol. The highest BCUT2D eigenvalue weighted by atomic mass is 35.5. The van der Waals surface area contributed by atoms with Crippen molar-refractivity contribution in [2.24, 2.45) is 13.0 Å². The van der Waals surface area contributed by atoms with Crippen molar-refractivity contribution < 1.29 is 4.79 Å². The summed E-state index contributed by atoms with van der Waals surface area (Å²) in [7, 11) is 1.83. The van der Waals surface area contributed by atoms with Crippen LogP contribution in [0.4, 0.5) is 5.00 Å². The Morgan fingerprint density at radius 3 is 2.94 bits per heavy atom. The predicted octanol–water partition coefficient (Wildman–Crippen LogP) is 5.97. The molecule has 166 valence electrons. The van der Waals surface area contributed by atoms with Crippen LogP contribution >= 0.6 is 46.3 Å². The minimum atomic E-state index is -0.175. The van der Waals surface area contributed by atoms with Crippen LogP contribution in [0.25, 0.3) is 11.4 Å². The zero-order chi connectivity index (χ0) is 22.8. The SMILES string of the molecule is CCC1CCc2c(sc(NC(=O)CSc3nnc(-c4ccc(Cl)cc4Cl)n3C)c2C#N)C1. The van der Waals surface area contributed by atoms with Crippen molar-refractivity contribution in [3.8, 4) is 17.5 Å². The lowest BCUT2D eigenvalue weighted by Crippen LogP contribution is -2.14. The van der Waals surface area contributed by atoms with Gasteiger partial charge >= 0.3 is 0 Å². The number of thioether (sulfide) groups is 1. The van der Waals surface area contributed by atoms with Crippen LogP contribution < -0.4 is 5.32 Å². The van der Waals surface area contributed by atoms with Crippen LogP contribution in [0.3, 0.4) is 0 Å². The smallest absolute Gasteiger partial charge is 0.235 e. The van der Waals surface area contributed by atoms with E-state index in [0.717, 1.165) is 36.8 Å². The Hall–Kier alpha value is -2.05. The molecule has 2 heterocycles. The Labute approximate surface area is 204 Å². The van der Waals surface area contributed by atoms with Gasteiger partial charge in [-0.1, -0.05) is 48.3 Å². The van der Waals surface area contributed by atoms with Crippen molar-refractivity contribution >= 4 is 57.2 Å². The molecular formula is C22H21Cl2N5OS2. The molecule has 0 spiro atoms. The number of carbonyl (C=O) groups excluding carboxylic acids is 1. The van der Waals surface area contributed by atoms with E-state index in [1.807, 2.05) is 7.05 Å². The summed E-state index contributed by atoms with van der Waals surface area (Å²) in [4.78, 5) is 13.9. The van der Waals surface area contributed by atoms with Crippen molar-refractivity contribution in [2.45, 2.75) is 37.8 Å². The van der Waals surface area contributed by atoms with E-state index in [1.165, 1.54) is 16.6 Å². The first-order valence-electron chi connectivity index (χ1n) is 10.2. The van der Waals surface area contributed by atoms with Crippen molar-refractivity contribution in [3.63, 3.8) is 0 Å². The van der Waals surface area contributed by atoms with Gasteiger partial charge in [0, 0.05) is 22.5 Å². The van der Waals surface area contributed by atoms with E-state index in [4.69, 9.17) is 23.2 Å². The average Bonchev–Trinajstić information content (AvgIpc) is 3.31. The number of halogens is 2. The minimum Gasteiger partial charge on any atom is -0.316 e. The first-order valence-corrected chi connectivity index (χ1v) is 12.8. The Balaban J connectivity index is 1.44. The zero-order valence-electron chi connectivity index (χ0n) is 17.6. The molecule has 1 amide bonds. The van der Waals surface area contributed by atoms with Crippen LogP contribution in [-0.4, -0.2) is 26.4 Å². The molecule has 0 aliphatic heterocycles. The lowest BCUT2D eigenvalue weighted by molar-refractivity contribution is -0.113. The summed E-state index contributed by atoms with van der Waals surface area (Å²) in [5, 5.41) is 23.3. The first-order chi connectivity index (χ1) is 15.4. The summed E-state index contributed by atoms with van der Waals surface area (Å²) in [6, 6.07) is 7.49. The number of benzene rings is 1. The van der Waals surface area contributed by atoms with Gasteiger partial charge in [0.1, 0.15) is 11.1 Å². The highest BCUT2D eigenvalue weighted by molar-refractivity contribution is 7.99. The second kappa shape index (κ2) is 9.84. The standard InChI is InChI=1S/C22H21Cl2N5OS2/c1-3-12-4-6-14-16(10-25)21(32-18(14)8-12)26-19(30)11-31-22-28-27-20(29(22)2)15-7-5-13(23)9-17(15)24/h5,7,9,12H,3-4,6,8,11H2,1-2H3,(H,26,30). The van der Waals surface area contributed by atoms with Gasteiger partial charge in [0.2, 0.25) is 5.91 Å². The van der Waals surface area contributed by atoms with Gasteiger partial charge in [0.05, 0.1) is 16.3 Å². The molecule has 0 saturated carbocycles. The highest BCUT2D eigenvalue weighted by Crippen LogP contribution is 2.40. The summed E-state index contributed by atoms with van der Waals surface area (Å²) in [6.07, 6.45) is 4.14. The molecule has 0 radical (unpaired) electrons. The quantitative estimate of drug-likeness (QED) is 0.417. The molecule has 6 nitrogen and oxygen atoms in total. The van der Waals surface area contributed by atoms with Gasteiger partial charge in [-0.15, -0.1) is 21.5 Å². The van der Waals surface area contributed by atoms with Crippen LogP contribution in [0.2, 0.25) is 10.0 Å². The number of fused-ring (bicyclic) bond motifs is 1. The number of thiophene rings is 1. The largest absolute Gasteiger partial charge is 0.316 e. The van der Waals surface area contributed by atoms with Crippen LogP contribution in [0, 0.1) is 17.2 Å².